The second-order valence-electron chi connectivity index (χ2n) is 5.91. The van der Waals surface area contributed by atoms with Gasteiger partial charge in [-0.15, -0.1) is 0 Å². The normalized spacial score (nSPS) is 26.9. The fraction of sp³-hybridized carbons (Fsp3) is 0.600. The van der Waals surface area contributed by atoms with Crippen LogP contribution >= 0.6 is 0 Å². The van der Waals surface area contributed by atoms with Crippen LogP contribution in [0, 0.1) is 11.8 Å². The SMILES string of the molecule is CNCc1ccccc1S(=O)(=O)N1CC2CCCC2C1. The van der Waals surface area contributed by atoms with Crippen molar-refractivity contribution >= 4 is 10.0 Å². The molecule has 1 aliphatic carbocycles. The number of hydrogen-bond acceptors (Lipinski definition) is 3. The molecule has 2 aliphatic rings. The van der Waals surface area contributed by atoms with Crippen molar-refractivity contribution in [2.45, 2.75) is 30.7 Å². The highest BCUT2D eigenvalue weighted by Gasteiger charge is 2.41. The van der Waals surface area contributed by atoms with Gasteiger partial charge in [-0.25, -0.2) is 8.42 Å². The van der Waals surface area contributed by atoms with Gasteiger partial charge in [-0.1, -0.05) is 24.6 Å². The maximum absolute atomic E-state index is 12.9. The van der Waals surface area contributed by atoms with E-state index in [4.69, 9.17) is 0 Å². The van der Waals surface area contributed by atoms with Gasteiger partial charge in [0.2, 0.25) is 10.0 Å². The Morgan fingerprint density at radius 3 is 2.50 bits per heavy atom. The van der Waals surface area contributed by atoms with Gasteiger partial charge in [-0.3, -0.25) is 0 Å². The van der Waals surface area contributed by atoms with E-state index in [2.05, 4.69) is 5.32 Å². The monoisotopic (exact) mass is 294 g/mol. The van der Waals surface area contributed by atoms with Gasteiger partial charge in [0, 0.05) is 19.6 Å². The minimum absolute atomic E-state index is 0.467. The molecule has 0 amide bonds. The summed E-state index contributed by atoms with van der Waals surface area (Å²) in [7, 11) is -1.50. The Morgan fingerprint density at radius 2 is 1.85 bits per heavy atom. The maximum atomic E-state index is 12.9. The fourth-order valence-corrected chi connectivity index (χ4v) is 5.40. The van der Waals surface area contributed by atoms with E-state index in [-0.39, 0.29) is 0 Å². The van der Waals surface area contributed by atoms with Crippen molar-refractivity contribution in [3.8, 4) is 0 Å². The second kappa shape index (κ2) is 5.47. The third kappa shape index (κ3) is 2.38. The Kier molecular flexibility index (Phi) is 3.84. The average Bonchev–Trinajstić information content (AvgIpc) is 3.00. The van der Waals surface area contributed by atoms with E-state index in [0.717, 1.165) is 5.56 Å². The first-order valence-corrected chi connectivity index (χ1v) is 8.79. The zero-order valence-electron chi connectivity index (χ0n) is 11.9. The maximum Gasteiger partial charge on any atom is 0.243 e. The van der Waals surface area contributed by atoms with E-state index < -0.39 is 10.0 Å². The number of rotatable bonds is 4. The molecule has 5 heteroatoms. The van der Waals surface area contributed by atoms with E-state index in [0.29, 0.717) is 36.4 Å². The summed E-state index contributed by atoms with van der Waals surface area (Å²) in [4.78, 5) is 0.467. The van der Waals surface area contributed by atoms with E-state index in [1.807, 2.05) is 25.2 Å². The molecule has 1 N–H and O–H groups in total. The predicted octanol–water partition coefficient (Wildman–Crippen LogP) is 1.83. The van der Waals surface area contributed by atoms with Crippen LogP contribution in [0.1, 0.15) is 24.8 Å². The minimum Gasteiger partial charge on any atom is -0.316 e. The van der Waals surface area contributed by atoms with Gasteiger partial charge in [-0.05, 0) is 43.4 Å². The Morgan fingerprint density at radius 1 is 1.20 bits per heavy atom. The van der Waals surface area contributed by atoms with Gasteiger partial charge in [-0.2, -0.15) is 4.31 Å². The molecular weight excluding hydrogens is 272 g/mol. The van der Waals surface area contributed by atoms with Gasteiger partial charge in [0.1, 0.15) is 0 Å². The molecular formula is C15H22N2O2S. The molecule has 4 nitrogen and oxygen atoms in total. The first-order valence-electron chi connectivity index (χ1n) is 7.35. The zero-order valence-corrected chi connectivity index (χ0v) is 12.7. The summed E-state index contributed by atoms with van der Waals surface area (Å²) in [5.74, 6) is 1.17. The minimum atomic E-state index is -3.34. The van der Waals surface area contributed by atoms with E-state index >= 15 is 0 Å². The third-order valence-electron chi connectivity index (χ3n) is 4.65. The van der Waals surface area contributed by atoms with Crippen molar-refractivity contribution in [2.75, 3.05) is 20.1 Å². The molecule has 2 unspecified atom stereocenters. The quantitative estimate of drug-likeness (QED) is 0.921. The van der Waals surface area contributed by atoms with Crippen LogP contribution in [0.5, 0.6) is 0 Å². The van der Waals surface area contributed by atoms with Gasteiger partial charge in [0.25, 0.3) is 0 Å². The second-order valence-corrected chi connectivity index (χ2v) is 7.82. The summed E-state index contributed by atoms with van der Waals surface area (Å²) in [6.07, 6.45) is 3.64. The number of sulfonamides is 1. The zero-order chi connectivity index (χ0) is 14.2. The molecule has 20 heavy (non-hydrogen) atoms. The number of nitrogens with one attached hydrogen (secondary N) is 1. The van der Waals surface area contributed by atoms with Gasteiger partial charge in [0.15, 0.2) is 0 Å². The molecule has 0 radical (unpaired) electrons. The molecule has 1 saturated heterocycles. The molecule has 1 aliphatic heterocycles. The van der Waals surface area contributed by atoms with Gasteiger partial charge < -0.3 is 5.32 Å². The average molecular weight is 294 g/mol. The summed E-state index contributed by atoms with van der Waals surface area (Å²) < 4.78 is 27.4. The van der Waals surface area contributed by atoms with Crippen molar-refractivity contribution in [1.82, 2.24) is 9.62 Å². The van der Waals surface area contributed by atoms with Crippen molar-refractivity contribution in [3.63, 3.8) is 0 Å². The van der Waals surface area contributed by atoms with Crippen LogP contribution in [0.25, 0.3) is 0 Å². The Balaban J connectivity index is 1.89. The number of hydrogen-bond donors (Lipinski definition) is 1. The van der Waals surface area contributed by atoms with Crippen molar-refractivity contribution in [1.29, 1.82) is 0 Å². The Labute approximate surface area is 121 Å². The van der Waals surface area contributed by atoms with E-state index in [1.54, 1.807) is 10.4 Å². The standard InChI is InChI=1S/C15H22N2O2S/c1-16-9-12-5-2-3-8-15(12)20(18,19)17-10-13-6-4-7-14(13)11-17/h2-3,5,8,13-14,16H,4,6-7,9-11H2,1H3. The largest absolute Gasteiger partial charge is 0.316 e. The van der Waals surface area contributed by atoms with Crippen molar-refractivity contribution in [3.05, 3.63) is 29.8 Å². The van der Waals surface area contributed by atoms with Crippen LogP contribution < -0.4 is 5.32 Å². The predicted molar refractivity (Wildman–Crippen MR) is 78.8 cm³/mol. The topological polar surface area (TPSA) is 49.4 Å². The lowest BCUT2D eigenvalue weighted by molar-refractivity contribution is 0.444. The molecule has 0 aromatic heterocycles. The molecule has 1 saturated carbocycles. The van der Waals surface area contributed by atoms with E-state index in [9.17, 15) is 8.42 Å². The lowest BCUT2D eigenvalue weighted by Gasteiger charge is -2.19. The van der Waals surface area contributed by atoms with Gasteiger partial charge in [0.05, 0.1) is 4.90 Å². The van der Waals surface area contributed by atoms with Crippen LogP contribution in [0.4, 0.5) is 0 Å². The molecule has 0 bridgehead atoms. The first-order chi connectivity index (χ1) is 9.63. The van der Waals surface area contributed by atoms with Gasteiger partial charge >= 0.3 is 0 Å². The summed E-state index contributed by atoms with van der Waals surface area (Å²) in [5, 5.41) is 3.04. The summed E-state index contributed by atoms with van der Waals surface area (Å²) in [5.41, 5.74) is 0.854. The van der Waals surface area contributed by atoms with Crippen molar-refractivity contribution in [2.24, 2.45) is 11.8 Å². The van der Waals surface area contributed by atoms with Crippen LogP contribution in [-0.4, -0.2) is 32.9 Å². The Hall–Kier alpha value is -0.910. The number of nitrogens with zero attached hydrogens (tertiary/aromatic N) is 1. The smallest absolute Gasteiger partial charge is 0.243 e. The lowest BCUT2D eigenvalue weighted by Crippen LogP contribution is -2.30. The van der Waals surface area contributed by atoms with Crippen LogP contribution in [0.3, 0.4) is 0 Å². The number of fused-ring (bicyclic) bond motifs is 1. The molecule has 1 aromatic carbocycles. The molecule has 2 fully saturated rings. The summed E-state index contributed by atoms with van der Waals surface area (Å²) >= 11 is 0. The molecule has 0 spiro atoms. The molecule has 2 atom stereocenters. The summed E-state index contributed by atoms with van der Waals surface area (Å²) in [6, 6.07) is 7.32. The molecule has 110 valence electrons. The highest BCUT2D eigenvalue weighted by atomic mass is 32.2. The first kappa shape index (κ1) is 14.0. The lowest BCUT2D eigenvalue weighted by atomic mass is 10.0. The van der Waals surface area contributed by atoms with Crippen LogP contribution in [0.15, 0.2) is 29.2 Å². The molecule has 3 rings (SSSR count). The van der Waals surface area contributed by atoms with E-state index in [1.165, 1.54) is 19.3 Å². The highest BCUT2D eigenvalue weighted by Crippen LogP contribution is 2.40. The molecule has 1 heterocycles. The van der Waals surface area contributed by atoms with Crippen LogP contribution in [-0.2, 0) is 16.6 Å². The fourth-order valence-electron chi connectivity index (χ4n) is 3.62. The van der Waals surface area contributed by atoms with Crippen molar-refractivity contribution < 1.29 is 8.42 Å². The van der Waals surface area contributed by atoms with Crippen LogP contribution in [0.2, 0.25) is 0 Å². The molecule has 1 aromatic rings. The number of benzene rings is 1. The summed E-state index contributed by atoms with van der Waals surface area (Å²) in [6.45, 7) is 2.00. The third-order valence-corrected chi connectivity index (χ3v) is 6.58. The highest BCUT2D eigenvalue weighted by molar-refractivity contribution is 7.89. The Bertz CT molecular complexity index is 573.